The van der Waals surface area contributed by atoms with Gasteiger partial charge < -0.3 is 19.5 Å². The highest BCUT2D eigenvalue weighted by Gasteiger charge is 2.28. The van der Waals surface area contributed by atoms with Crippen LogP contribution in [0.1, 0.15) is 45.3 Å². The Morgan fingerprint density at radius 3 is 2.19 bits per heavy atom. The number of benzene rings is 1. The maximum Gasteiger partial charge on any atom is 0.328 e. The summed E-state index contributed by atoms with van der Waals surface area (Å²) in [6, 6.07) is 7.93. The van der Waals surface area contributed by atoms with Crippen LogP contribution in [0.2, 0.25) is 0 Å². The smallest absolute Gasteiger partial charge is 0.328 e. The second-order valence-corrected chi connectivity index (χ2v) is 6.74. The number of hydrogen-bond acceptors (Lipinski definition) is 6. The summed E-state index contributed by atoms with van der Waals surface area (Å²) in [4.78, 5) is 36.3. The van der Waals surface area contributed by atoms with Crippen LogP contribution in [-0.4, -0.2) is 43.7 Å². The zero-order valence-corrected chi connectivity index (χ0v) is 15.9. The third-order valence-corrected chi connectivity index (χ3v) is 3.44. The Bertz CT molecular complexity index is 608. The molecule has 0 saturated heterocycles. The van der Waals surface area contributed by atoms with Gasteiger partial charge in [-0.05, 0) is 32.8 Å². The number of carbonyl (C=O) groups is 3. The number of rotatable bonds is 8. The van der Waals surface area contributed by atoms with Crippen LogP contribution in [0.3, 0.4) is 0 Å². The average Bonchev–Trinajstić information content (AvgIpc) is 2.58. The van der Waals surface area contributed by atoms with E-state index < -0.39 is 35.6 Å². The number of methoxy groups -OCH3 is 2. The molecule has 1 amide bonds. The Labute approximate surface area is 154 Å². The fraction of sp³-hybridized carbons (Fsp3) is 0.526. The van der Waals surface area contributed by atoms with Crippen molar-refractivity contribution >= 4 is 17.8 Å². The maximum atomic E-state index is 12.5. The van der Waals surface area contributed by atoms with E-state index in [1.807, 2.05) is 6.07 Å². The lowest BCUT2D eigenvalue weighted by Crippen LogP contribution is -2.44. The molecule has 2 atom stereocenters. The van der Waals surface area contributed by atoms with Gasteiger partial charge in [-0.25, -0.2) is 4.79 Å². The van der Waals surface area contributed by atoms with Crippen LogP contribution in [0.25, 0.3) is 0 Å². The molecule has 1 aromatic carbocycles. The number of ether oxygens (including phenoxy) is 3. The van der Waals surface area contributed by atoms with Crippen LogP contribution in [0.15, 0.2) is 30.3 Å². The first-order valence-electron chi connectivity index (χ1n) is 8.35. The lowest BCUT2D eigenvalue weighted by molar-refractivity contribution is -0.155. The lowest BCUT2D eigenvalue weighted by Gasteiger charge is -2.22. The van der Waals surface area contributed by atoms with Gasteiger partial charge in [0.25, 0.3) is 5.91 Å². The van der Waals surface area contributed by atoms with Crippen molar-refractivity contribution in [1.29, 1.82) is 0 Å². The lowest BCUT2D eigenvalue weighted by atomic mass is 10.1. The molecule has 7 heteroatoms. The number of esters is 2. The minimum absolute atomic E-state index is 0.0275. The molecule has 0 aromatic heterocycles. The SMILES string of the molecule is COC(=O)[C@@H](CCC(=O)OC(C)(C)C)NC(=O)[C@H](OC)c1ccccc1. The molecular weight excluding hydrogens is 338 g/mol. The molecule has 0 heterocycles. The van der Waals surface area contributed by atoms with Gasteiger partial charge >= 0.3 is 11.9 Å². The zero-order valence-electron chi connectivity index (χ0n) is 15.9. The third-order valence-electron chi connectivity index (χ3n) is 3.44. The number of nitrogens with one attached hydrogen (secondary N) is 1. The highest BCUT2D eigenvalue weighted by atomic mass is 16.6. The summed E-state index contributed by atoms with van der Waals surface area (Å²) in [5.74, 6) is -1.57. The first kappa shape index (κ1) is 21.6. The van der Waals surface area contributed by atoms with E-state index in [4.69, 9.17) is 14.2 Å². The Morgan fingerprint density at radius 2 is 1.69 bits per heavy atom. The number of hydrogen-bond donors (Lipinski definition) is 1. The minimum Gasteiger partial charge on any atom is -0.467 e. The highest BCUT2D eigenvalue weighted by molar-refractivity contribution is 5.88. The van der Waals surface area contributed by atoms with Crippen molar-refractivity contribution in [3.05, 3.63) is 35.9 Å². The molecule has 0 unspecified atom stereocenters. The Balaban J connectivity index is 2.76. The van der Waals surface area contributed by atoms with Crippen LogP contribution in [0, 0.1) is 0 Å². The first-order valence-corrected chi connectivity index (χ1v) is 8.35. The monoisotopic (exact) mass is 365 g/mol. The predicted octanol–water partition coefficient (Wildman–Crippen LogP) is 2.15. The average molecular weight is 365 g/mol. The summed E-state index contributed by atoms with van der Waals surface area (Å²) in [5, 5.41) is 2.59. The van der Waals surface area contributed by atoms with E-state index in [1.54, 1.807) is 45.0 Å². The number of amides is 1. The van der Waals surface area contributed by atoms with Gasteiger partial charge in [-0.2, -0.15) is 0 Å². The molecular formula is C19H27NO6. The van der Waals surface area contributed by atoms with Crippen molar-refractivity contribution in [1.82, 2.24) is 5.32 Å². The van der Waals surface area contributed by atoms with E-state index in [0.717, 1.165) is 0 Å². The minimum atomic E-state index is -0.971. The zero-order chi connectivity index (χ0) is 19.7. The fourth-order valence-electron chi connectivity index (χ4n) is 2.32. The van der Waals surface area contributed by atoms with Crippen LogP contribution < -0.4 is 5.32 Å². The molecule has 0 spiro atoms. The van der Waals surface area contributed by atoms with E-state index in [9.17, 15) is 14.4 Å². The van der Waals surface area contributed by atoms with Crippen molar-refractivity contribution in [3.8, 4) is 0 Å². The predicted molar refractivity (Wildman–Crippen MR) is 95.2 cm³/mol. The summed E-state index contributed by atoms with van der Waals surface area (Å²) >= 11 is 0. The Kier molecular flexibility index (Phi) is 8.25. The Hall–Kier alpha value is -2.41. The van der Waals surface area contributed by atoms with Gasteiger partial charge in [0.15, 0.2) is 6.10 Å². The summed E-state index contributed by atoms with van der Waals surface area (Å²) < 4.78 is 15.2. The van der Waals surface area contributed by atoms with E-state index >= 15 is 0 Å². The second kappa shape index (κ2) is 9.91. The van der Waals surface area contributed by atoms with Gasteiger partial charge in [0.05, 0.1) is 7.11 Å². The van der Waals surface area contributed by atoms with Crippen molar-refractivity contribution in [3.63, 3.8) is 0 Å². The molecule has 7 nitrogen and oxygen atoms in total. The highest BCUT2D eigenvalue weighted by Crippen LogP contribution is 2.17. The largest absolute Gasteiger partial charge is 0.467 e. The molecule has 144 valence electrons. The molecule has 0 radical (unpaired) electrons. The molecule has 0 aliphatic heterocycles. The summed E-state index contributed by atoms with van der Waals surface area (Å²) in [5.41, 5.74) is 0.0403. The molecule has 0 aliphatic rings. The van der Waals surface area contributed by atoms with E-state index in [-0.39, 0.29) is 12.8 Å². The molecule has 1 N–H and O–H groups in total. The molecule has 0 bridgehead atoms. The molecule has 0 fully saturated rings. The Morgan fingerprint density at radius 1 is 1.08 bits per heavy atom. The molecule has 26 heavy (non-hydrogen) atoms. The van der Waals surface area contributed by atoms with E-state index in [0.29, 0.717) is 5.56 Å². The van der Waals surface area contributed by atoms with Crippen molar-refractivity contribution in [2.24, 2.45) is 0 Å². The first-order chi connectivity index (χ1) is 12.2. The third kappa shape index (κ3) is 7.23. The van der Waals surface area contributed by atoms with Crippen LogP contribution in [-0.2, 0) is 28.6 Å². The molecule has 0 aliphatic carbocycles. The summed E-state index contributed by atoms with van der Waals surface area (Å²) in [7, 11) is 2.63. The summed E-state index contributed by atoms with van der Waals surface area (Å²) in [6.07, 6.45) is -0.830. The quantitative estimate of drug-likeness (QED) is 0.710. The van der Waals surface area contributed by atoms with E-state index in [2.05, 4.69) is 5.32 Å². The van der Waals surface area contributed by atoms with Gasteiger partial charge in [0.1, 0.15) is 11.6 Å². The topological polar surface area (TPSA) is 90.9 Å². The molecule has 0 saturated carbocycles. The van der Waals surface area contributed by atoms with Crippen LogP contribution in [0.5, 0.6) is 0 Å². The van der Waals surface area contributed by atoms with Gasteiger partial charge in [-0.3, -0.25) is 9.59 Å². The van der Waals surface area contributed by atoms with Crippen molar-refractivity contribution < 1.29 is 28.6 Å². The van der Waals surface area contributed by atoms with Crippen LogP contribution >= 0.6 is 0 Å². The maximum absolute atomic E-state index is 12.5. The van der Waals surface area contributed by atoms with Crippen LogP contribution in [0.4, 0.5) is 0 Å². The van der Waals surface area contributed by atoms with Gasteiger partial charge in [-0.15, -0.1) is 0 Å². The molecule has 1 rings (SSSR count). The van der Waals surface area contributed by atoms with Crippen molar-refractivity contribution in [2.75, 3.05) is 14.2 Å². The van der Waals surface area contributed by atoms with E-state index in [1.165, 1.54) is 14.2 Å². The normalized spacial score (nSPS) is 13.4. The van der Waals surface area contributed by atoms with Crippen molar-refractivity contribution in [2.45, 2.75) is 51.4 Å². The van der Waals surface area contributed by atoms with Gasteiger partial charge in [0, 0.05) is 13.5 Å². The summed E-state index contributed by atoms with van der Waals surface area (Å²) in [6.45, 7) is 5.27. The van der Waals surface area contributed by atoms with Gasteiger partial charge in [-0.1, -0.05) is 30.3 Å². The second-order valence-electron chi connectivity index (χ2n) is 6.74. The molecule has 1 aromatic rings. The van der Waals surface area contributed by atoms with Gasteiger partial charge in [0.2, 0.25) is 0 Å². The number of carbonyl (C=O) groups excluding carboxylic acids is 3. The fourth-order valence-corrected chi connectivity index (χ4v) is 2.32. The standard InChI is InChI=1S/C19H27NO6/c1-19(2,3)26-15(21)12-11-14(18(23)25-5)20-17(22)16(24-4)13-9-7-6-8-10-13/h6-10,14,16H,11-12H2,1-5H3,(H,20,22)/t14-,16-/m1/s1.